The second-order valence-electron chi connectivity index (χ2n) is 4.06. The average Bonchev–Trinajstić information content (AvgIpc) is 2.11. The van der Waals surface area contributed by atoms with E-state index in [1.807, 2.05) is 6.07 Å². The summed E-state index contributed by atoms with van der Waals surface area (Å²) in [6.07, 6.45) is 6.45. The molecule has 1 aromatic carbocycles. The van der Waals surface area contributed by atoms with Gasteiger partial charge in [-0.05, 0) is 43.0 Å². The van der Waals surface area contributed by atoms with Crippen molar-refractivity contribution < 1.29 is 0 Å². The maximum atomic E-state index is 5.79. The maximum Gasteiger partial charge on any atom is 0.0319 e. The molecule has 14 heavy (non-hydrogen) atoms. The van der Waals surface area contributed by atoms with Crippen LogP contribution in [0.5, 0.6) is 0 Å². The van der Waals surface area contributed by atoms with Crippen molar-refractivity contribution in [3.8, 4) is 0 Å². The second kappa shape index (κ2) is 5.69. The predicted octanol–water partition coefficient (Wildman–Crippen LogP) is 3.70. The molecule has 0 aliphatic rings. The minimum Gasteiger partial charge on any atom is -0.399 e. The summed E-state index contributed by atoms with van der Waals surface area (Å²) in [5.74, 6) is 0. The molecule has 2 N–H and O–H groups in total. The molecular weight excluding hydrogens is 170 g/mol. The summed E-state index contributed by atoms with van der Waals surface area (Å²) in [5.41, 5.74) is 9.35. The van der Waals surface area contributed by atoms with E-state index in [1.165, 1.54) is 43.2 Å². The number of anilines is 1. The zero-order valence-electron chi connectivity index (χ0n) is 9.34. The molecule has 1 rings (SSSR count). The van der Waals surface area contributed by atoms with E-state index >= 15 is 0 Å². The number of rotatable bonds is 5. The third-order valence-corrected chi connectivity index (χ3v) is 2.48. The van der Waals surface area contributed by atoms with Gasteiger partial charge in [0.15, 0.2) is 0 Å². The Morgan fingerprint density at radius 1 is 1.07 bits per heavy atom. The van der Waals surface area contributed by atoms with Gasteiger partial charge in [0.05, 0.1) is 0 Å². The molecule has 0 aromatic heterocycles. The Labute approximate surface area is 87.3 Å². The molecule has 0 saturated heterocycles. The summed E-state index contributed by atoms with van der Waals surface area (Å²) in [6, 6.07) is 6.36. The van der Waals surface area contributed by atoms with E-state index in [9.17, 15) is 0 Å². The van der Waals surface area contributed by atoms with Crippen molar-refractivity contribution in [1.29, 1.82) is 0 Å². The van der Waals surface area contributed by atoms with Crippen molar-refractivity contribution in [2.75, 3.05) is 5.73 Å². The first-order chi connectivity index (χ1) is 6.72. The quantitative estimate of drug-likeness (QED) is 0.557. The lowest BCUT2D eigenvalue weighted by Gasteiger charge is -2.04. The molecule has 0 saturated carbocycles. The summed E-state index contributed by atoms with van der Waals surface area (Å²) in [6.45, 7) is 4.34. The molecule has 1 aromatic rings. The summed E-state index contributed by atoms with van der Waals surface area (Å²) >= 11 is 0. The Morgan fingerprint density at radius 3 is 2.50 bits per heavy atom. The SMILES string of the molecule is CCCCCCc1cc(C)cc(N)c1. The lowest BCUT2D eigenvalue weighted by atomic mass is 10.0. The molecule has 0 fully saturated rings. The number of hydrogen-bond acceptors (Lipinski definition) is 1. The normalized spacial score (nSPS) is 10.4. The predicted molar refractivity (Wildman–Crippen MR) is 63.4 cm³/mol. The lowest BCUT2D eigenvalue weighted by molar-refractivity contribution is 0.667. The highest BCUT2D eigenvalue weighted by Gasteiger charge is 1.96. The van der Waals surface area contributed by atoms with E-state index in [2.05, 4.69) is 26.0 Å². The Bertz CT molecular complexity index is 258. The van der Waals surface area contributed by atoms with Crippen molar-refractivity contribution in [3.63, 3.8) is 0 Å². The largest absolute Gasteiger partial charge is 0.399 e. The molecule has 0 aliphatic heterocycles. The number of unbranched alkanes of at least 4 members (excludes halogenated alkanes) is 3. The first-order valence-corrected chi connectivity index (χ1v) is 5.58. The van der Waals surface area contributed by atoms with Crippen molar-refractivity contribution in [2.45, 2.75) is 46.0 Å². The van der Waals surface area contributed by atoms with Crippen LogP contribution in [0.4, 0.5) is 5.69 Å². The number of hydrogen-bond donors (Lipinski definition) is 1. The highest BCUT2D eigenvalue weighted by Crippen LogP contribution is 2.14. The molecule has 0 amide bonds. The minimum atomic E-state index is 0.899. The van der Waals surface area contributed by atoms with E-state index < -0.39 is 0 Å². The van der Waals surface area contributed by atoms with Crippen LogP contribution >= 0.6 is 0 Å². The van der Waals surface area contributed by atoms with Gasteiger partial charge in [-0.2, -0.15) is 0 Å². The van der Waals surface area contributed by atoms with Gasteiger partial charge in [-0.25, -0.2) is 0 Å². The van der Waals surface area contributed by atoms with Gasteiger partial charge in [-0.15, -0.1) is 0 Å². The third-order valence-electron chi connectivity index (χ3n) is 2.48. The fourth-order valence-electron chi connectivity index (χ4n) is 1.79. The van der Waals surface area contributed by atoms with E-state index in [1.54, 1.807) is 0 Å². The molecule has 0 spiro atoms. The van der Waals surface area contributed by atoms with Crippen LogP contribution in [0.25, 0.3) is 0 Å². The minimum absolute atomic E-state index is 0.899. The number of benzene rings is 1. The summed E-state index contributed by atoms with van der Waals surface area (Å²) in [4.78, 5) is 0. The zero-order chi connectivity index (χ0) is 10.4. The van der Waals surface area contributed by atoms with Crippen LogP contribution < -0.4 is 5.73 Å². The highest BCUT2D eigenvalue weighted by atomic mass is 14.5. The van der Waals surface area contributed by atoms with Gasteiger partial charge in [0.25, 0.3) is 0 Å². The molecule has 0 bridgehead atoms. The van der Waals surface area contributed by atoms with Crippen LogP contribution in [0.2, 0.25) is 0 Å². The molecule has 1 nitrogen and oxygen atoms in total. The Kier molecular flexibility index (Phi) is 4.51. The van der Waals surface area contributed by atoms with E-state index in [0.717, 1.165) is 5.69 Å². The molecule has 0 aliphatic carbocycles. The fourth-order valence-corrected chi connectivity index (χ4v) is 1.79. The van der Waals surface area contributed by atoms with Gasteiger partial charge in [0.2, 0.25) is 0 Å². The number of aryl methyl sites for hydroxylation is 2. The summed E-state index contributed by atoms with van der Waals surface area (Å²) in [5, 5.41) is 0. The molecule has 0 radical (unpaired) electrons. The van der Waals surface area contributed by atoms with E-state index in [-0.39, 0.29) is 0 Å². The number of nitrogens with two attached hydrogens (primary N) is 1. The Morgan fingerprint density at radius 2 is 1.86 bits per heavy atom. The molecule has 0 atom stereocenters. The van der Waals surface area contributed by atoms with Gasteiger partial charge >= 0.3 is 0 Å². The van der Waals surface area contributed by atoms with Crippen molar-refractivity contribution in [2.24, 2.45) is 0 Å². The summed E-state index contributed by atoms with van der Waals surface area (Å²) < 4.78 is 0. The van der Waals surface area contributed by atoms with Gasteiger partial charge in [0, 0.05) is 5.69 Å². The topological polar surface area (TPSA) is 26.0 Å². The summed E-state index contributed by atoms with van der Waals surface area (Å²) in [7, 11) is 0. The van der Waals surface area contributed by atoms with Crippen LogP contribution in [0.15, 0.2) is 18.2 Å². The first-order valence-electron chi connectivity index (χ1n) is 5.58. The number of nitrogen functional groups attached to an aromatic ring is 1. The van der Waals surface area contributed by atoms with Gasteiger partial charge in [0.1, 0.15) is 0 Å². The maximum absolute atomic E-state index is 5.79. The standard InChI is InChI=1S/C13H21N/c1-3-4-5-6-7-12-8-11(2)9-13(14)10-12/h8-10H,3-7,14H2,1-2H3. The third kappa shape index (κ3) is 3.82. The monoisotopic (exact) mass is 191 g/mol. The zero-order valence-corrected chi connectivity index (χ0v) is 9.34. The highest BCUT2D eigenvalue weighted by molar-refractivity contribution is 5.44. The van der Waals surface area contributed by atoms with Gasteiger partial charge in [-0.1, -0.05) is 32.3 Å². The first kappa shape index (κ1) is 11.1. The fraction of sp³-hybridized carbons (Fsp3) is 0.538. The van der Waals surface area contributed by atoms with Crippen LogP contribution in [-0.4, -0.2) is 0 Å². The molecular formula is C13H21N. The van der Waals surface area contributed by atoms with Crippen molar-refractivity contribution in [3.05, 3.63) is 29.3 Å². The lowest BCUT2D eigenvalue weighted by Crippen LogP contribution is -1.91. The Balaban J connectivity index is 2.42. The van der Waals surface area contributed by atoms with Crippen LogP contribution in [-0.2, 0) is 6.42 Å². The van der Waals surface area contributed by atoms with E-state index in [4.69, 9.17) is 5.73 Å². The van der Waals surface area contributed by atoms with Gasteiger partial charge in [-0.3, -0.25) is 0 Å². The second-order valence-corrected chi connectivity index (χ2v) is 4.06. The smallest absolute Gasteiger partial charge is 0.0319 e. The van der Waals surface area contributed by atoms with Crippen LogP contribution in [0.1, 0.15) is 43.7 Å². The van der Waals surface area contributed by atoms with Crippen LogP contribution in [0, 0.1) is 6.92 Å². The molecule has 1 heteroatoms. The Hall–Kier alpha value is -0.980. The molecule has 0 unspecified atom stereocenters. The van der Waals surface area contributed by atoms with Crippen molar-refractivity contribution >= 4 is 5.69 Å². The van der Waals surface area contributed by atoms with Gasteiger partial charge < -0.3 is 5.73 Å². The molecule has 78 valence electrons. The van der Waals surface area contributed by atoms with Crippen molar-refractivity contribution in [1.82, 2.24) is 0 Å². The average molecular weight is 191 g/mol. The molecule has 0 heterocycles. The van der Waals surface area contributed by atoms with Crippen LogP contribution in [0.3, 0.4) is 0 Å². The van der Waals surface area contributed by atoms with E-state index in [0.29, 0.717) is 0 Å².